The summed E-state index contributed by atoms with van der Waals surface area (Å²) in [5.41, 5.74) is 11.3. The molecule has 0 amide bonds. The van der Waals surface area contributed by atoms with Gasteiger partial charge in [0.2, 0.25) is 0 Å². The van der Waals surface area contributed by atoms with Crippen molar-refractivity contribution < 1.29 is 4.74 Å². The fourth-order valence-electron chi connectivity index (χ4n) is 2.77. The van der Waals surface area contributed by atoms with Crippen molar-refractivity contribution in [3.8, 4) is 0 Å². The first kappa shape index (κ1) is 14.8. The van der Waals surface area contributed by atoms with E-state index in [9.17, 15) is 0 Å². The molecule has 2 heteroatoms. The van der Waals surface area contributed by atoms with Crippen LogP contribution in [0.1, 0.15) is 28.4 Å². The molecule has 2 aromatic carbocycles. The van der Waals surface area contributed by atoms with E-state index >= 15 is 0 Å². The average Bonchev–Trinajstić information content (AvgIpc) is 2.39. The van der Waals surface area contributed by atoms with Crippen LogP contribution in [0.2, 0.25) is 0 Å². The maximum absolute atomic E-state index is 6.37. The van der Waals surface area contributed by atoms with Gasteiger partial charge in [0.1, 0.15) is 0 Å². The molecule has 2 N–H and O–H groups in total. The third-order valence-corrected chi connectivity index (χ3v) is 3.52. The Balaban J connectivity index is 2.15. The van der Waals surface area contributed by atoms with Crippen LogP contribution in [0.15, 0.2) is 48.5 Å². The Morgan fingerprint density at radius 3 is 2.15 bits per heavy atom. The maximum Gasteiger partial charge on any atom is 0.0975 e. The Hall–Kier alpha value is -1.64. The van der Waals surface area contributed by atoms with Crippen molar-refractivity contribution >= 4 is 0 Å². The normalized spacial score (nSPS) is 14.0. The van der Waals surface area contributed by atoms with Crippen LogP contribution in [0.5, 0.6) is 0 Å². The molecule has 2 atom stereocenters. The van der Waals surface area contributed by atoms with Crippen LogP contribution < -0.4 is 5.73 Å². The topological polar surface area (TPSA) is 35.2 Å². The average molecular weight is 269 g/mol. The summed E-state index contributed by atoms with van der Waals surface area (Å²) in [6.45, 7) is 4.24. The van der Waals surface area contributed by atoms with Gasteiger partial charge < -0.3 is 10.5 Å². The Labute approximate surface area is 121 Å². The molecule has 0 saturated heterocycles. The first-order chi connectivity index (χ1) is 9.60. The predicted molar refractivity (Wildman–Crippen MR) is 83.8 cm³/mol. The summed E-state index contributed by atoms with van der Waals surface area (Å²) in [6, 6.07) is 16.7. The lowest BCUT2D eigenvalue weighted by atomic mass is 9.95. The molecule has 0 heterocycles. The van der Waals surface area contributed by atoms with E-state index in [1.54, 1.807) is 7.11 Å². The Bertz CT molecular complexity index is 530. The molecular weight excluding hydrogens is 246 g/mol. The number of hydrogen-bond donors (Lipinski definition) is 1. The highest BCUT2D eigenvalue weighted by molar-refractivity contribution is 5.30. The van der Waals surface area contributed by atoms with E-state index in [2.05, 4.69) is 44.2 Å². The number of aryl methyl sites for hydroxylation is 2. The monoisotopic (exact) mass is 269 g/mol. The predicted octanol–water partition coefficient (Wildman–Crippen LogP) is 3.56. The lowest BCUT2D eigenvalue weighted by Gasteiger charge is -2.23. The van der Waals surface area contributed by atoms with Crippen molar-refractivity contribution in [2.75, 3.05) is 7.11 Å². The molecule has 2 rings (SSSR count). The summed E-state index contributed by atoms with van der Waals surface area (Å²) in [5, 5.41) is 0. The van der Waals surface area contributed by atoms with Crippen molar-refractivity contribution in [2.24, 2.45) is 5.73 Å². The van der Waals surface area contributed by atoms with Gasteiger partial charge in [0, 0.05) is 13.2 Å². The second-order valence-electron chi connectivity index (χ2n) is 5.43. The molecule has 0 aromatic heterocycles. The molecule has 0 aliphatic heterocycles. The first-order valence-electron chi connectivity index (χ1n) is 7.00. The van der Waals surface area contributed by atoms with E-state index in [-0.39, 0.29) is 12.1 Å². The SMILES string of the molecule is COC(c1ccccc1)C(N)Cc1cc(C)cc(C)c1. The van der Waals surface area contributed by atoms with Crippen LogP contribution in [-0.4, -0.2) is 13.2 Å². The van der Waals surface area contributed by atoms with Crippen LogP contribution in [0.25, 0.3) is 0 Å². The molecule has 0 fully saturated rings. The first-order valence-corrected chi connectivity index (χ1v) is 7.00. The fourth-order valence-corrected chi connectivity index (χ4v) is 2.77. The van der Waals surface area contributed by atoms with Gasteiger partial charge in [-0.1, -0.05) is 59.7 Å². The molecule has 0 aliphatic rings. The second kappa shape index (κ2) is 6.69. The van der Waals surface area contributed by atoms with Gasteiger partial charge >= 0.3 is 0 Å². The van der Waals surface area contributed by atoms with Gasteiger partial charge in [-0.2, -0.15) is 0 Å². The Kier molecular flexibility index (Phi) is 4.94. The van der Waals surface area contributed by atoms with Gasteiger partial charge in [-0.05, 0) is 31.4 Å². The number of benzene rings is 2. The molecular formula is C18H23NO. The molecule has 0 saturated carbocycles. The lowest BCUT2D eigenvalue weighted by molar-refractivity contribution is 0.0802. The molecule has 0 aliphatic carbocycles. The summed E-state index contributed by atoms with van der Waals surface area (Å²) in [4.78, 5) is 0. The Morgan fingerprint density at radius 2 is 1.60 bits per heavy atom. The van der Waals surface area contributed by atoms with E-state index in [1.165, 1.54) is 16.7 Å². The van der Waals surface area contributed by atoms with Gasteiger partial charge in [0.15, 0.2) is 0 Å². The molecule has 106 valence electrons. The van der Waals surface area contributed by atoms with E-state index in [4.69, 9.17) is 10.5 Å². The molecule has 2 unspecified atom stereocenters. The highest BCUT2D eigenvalue weighted by Crippen LogP contribution is 2.22. The molecule has 0 radical (unpaired) electrons. The zero-order chi connectivity index (χ0) is 14.5. The van der Waals surface area contributed by atoms with E-state index in [1.807, 2.05) is 18.2 Å². The van der Waals surface area contributed by atoms with Crippen molar-refractivity contribution in [1.29, 1.82) is 0 Å². The molecule has 0 bridgehead atoms. The van der Waals surface area contributed by atoms with Gasteiger partial charge in [-0.3, -0.25) is 0 Å². The highest BCUT2D eigenvalue weighted by atomic mass is 16.5. The molecule has 20 heavy (non-hydrogen) atoms. The minimum absolute atomic E-state index is 0.0522. The van der Waals surface area contributed by atoms with Crippen molar-refractivity contribution in [3.63, 3.8) is 0 Å². The zero-order valence-corrected chi connectivity index (χ0v) is 12.5. The number of methoxy groups -OCH3 is 1. The number of rotatable bonds is 5. The minimum Gasteiger partial charge on any atom is -0.375 e. The fraction of sp³-hybridized carbons (Fsp3) is 0.333. The minimum atomic E-state index is -0.0722. The van der Waals surface area contributed by atoms with Crippen molar-refractivity contribution in [3.05, 3.63) is 70.8 Å². The van der Waals surface area contributed by atoms with Gasteiger partial charge in [0.25, 0.3) is 0 Å². The summed E-state index contributed by atoms with van der Waals surface area (Å²) in [6.07, 6.45) is 0.743. The van der Waals surface area contributed by atoms with Gasteiger partial charge in [-0.15, -0.1) is 0 Å². The largest absolute Gasteiger partial charge is 0.375 e. The summed E-state index contributed by atoms with van der Waals surface area (Å²) in [7, 11) is 1.72. The lowest BCUT2D eigenvalue weighted by Crippen LogP contribution is -2.32. The van der Waals surface area contributed by atoms with Crippen molar-refractivity contribution in [1.82, 2.24) is 0 Å². The van der Waals surface area contributed by atoms with Crippen LogP contribution in [-0.2, 0) is 11.2 Å². The van der Waals surface area contributed by atoms with E-state index < -0.39 is 0 Å². The zero-order valence-electron chi connectivity index (χ0n) is 12.5. The van der Waals surface area contributed by atoms with Crippen LogP contribution in [0.3, 0.4) is 0 Å². The number of nitrogens with two attached hydrogens (primary N) is 1. The van der Waals surface area contributed by atoms with Gasteiger partial charge in [0.05, 0.1) is 6.10 Å². The second-order valence-corrected chi connectivity index (χ2v) is 5.43. The van der Waals surface area contributed by atoms with Crippen LogP contribution in [0, 0.1) is 13.8 Å². The third-order valence-electron chi connectivity index (χ3n) is 3.52. The summed E-state index contributed by atoms with van der Waals surface area (Å²) in [5.74, 6) is 0. The third kappa shape index (κ3) is 3.69. The number of ether oxygens (including phenoxy) is 1. The summed E-state index contributed by atoms with van der Waals surface area (Å²) < 4.78 is 5.61. The Morgan fingerprint density at radius 1 is 1.00 bits per heavy atom. The maximum atomic E-state index is 6.37. The standard InChI is InChI=1S/C18H23NO/c1-13-9-14(2)11-15(10-13)12-17(19)18(20-3)16-7-5-4-6-8-16/h4-11,17-18H,12,19H2,1-3H3. The molecule has 0 spiro atoms. The molecule has 2 nitrogen and oxygen atoms in total. The van der Waals surface area contributed by atoms with E-state index in [0.29, 0.717) is 0 Å². The molecule has 2 aromatic rings. The summed E-state index contributed by atoms with van der Waals surface area (Å²) >= 11 is 0. The van der Waals surface area contributed by atoms with Crippen LogP contribution in [0.4, 0.5) is 0 Å². The quantitative estimate of drug-likeness (QED) is 0.900. The number of hydrogen-bond acceptors (Lipinski definition) is 2. The van der Waals surface area contributed by atoms with Crippen LogP contribution >= 0.6 is 0 Å². The van der Waals surface area contributed by atoms with Crippen molar-refractivity contribution in [2.45, 2.75) is 32.4 Å². The van der Waals surface area contributed by atoms with Gasteiger partial charge in [-0.25, -0.2) is 0 Å². The smallest absolute Gasteiger partial charge is 0.0975 e. The van der Waals surface area contributed by atoms with E-state index in [0.717, 1.165) is 12.0 Å². The highest BCUT2D eigenvalue weighted by Gasteiger charge is 2.19.